The number of nitrogens with one attached hydrogen (secondary N) is 1. The van der Waals surface area contributed by atoms with Gasteiger partial charge >= 0.3 is 0 Å². The fourth-order valence-corrected chi connectivity index (χ4v) is 6.44. The number of allylic oxidation sites excluding steroid dienone is 1. The second kappa shape index (κ2) is 7.03. The van der Waals surface area contributed by atoms with Crippen molar-refractivity contribution < 1.29 is 9.53 Å². The van der Waals surface area contributed by atoms with Crippen molar-refractivity contribution in [3.05, 3.63) is 11.6 Å². The quantitative estimate of drug-likeness (QED) is 0.778. The highest BCUT2D eigenvalue weighted by atomic mass is 16.5. The van der Waals surface area contributed by atoms with Gasteiger partial charge in [-0.3, -0.25) is 9.69 Å². The third-order valence-corrected chi connectivity index (χ3v) is 7.25. The van der Waals surface area contributed by atoms with E-state index in [1.165, 1.54) is 44.1 Å². The summed E-state index contributed by atoms with van der Waals surface area (Å²) in [6, 6.07) is 0.186. The molecule has 0 spiro atoms. The Morgan fingerprint density at radius 1 is 1.16 bits per heavy atom. The Bertz CT molecular complexity index is 501. The van der Waals surface area contributed by atoms with Gasteiger partial charge in [0.1, 0.15) is 0 Å². The number of carbonyl (C=O) groups is 1. The summed E-state index contributed by atoms with van der Waals surface area (Å²) in [6.07, 6.45) is 10.3. The predicted molar refractivity (Wildman–Crippen MR) is 99.2 cm³/mol. The lowest BCUT2D eigenvalue weighted by Crippen LogP contribution is -2.47. The van der Waals surface area contributed by atoms with Crippen LogP contribution in [0.4, 0.5) is 0 Å². The molecule has 1 heterocycles. The first-order valence-electron chi connectivity index (χ1n) is 10.3. The maximum Gasteiger partial charge on any atom is 0.244 e. The smallest absolute Gasteiger partial charge is 0.244 e. The molecular formula is C21H34N2O2. The lowest BCUT2D eigenvalue weighted by Gasteiger charge is -2.57. The summed E-state index contributed by atoms with van der Waals surface area (Å²) in [5.74, 6) is 2.89. The Kier molecular flexibility index (Phi) is 4.93. The van der Waals surface area contributed by atoms with Crippen molar-refractivity contribution in [3.63, 3.8) is 0 Å². The van der Waals surface area contributed by atoms with Gasteiger partial charge in [0.05, 0.1) is 13.2 Å². The van der Waals surface area contributed by atoms with E-state index in [4.69, 9.17) is 4.74 Å². The predicted octanol–water partition coefficient (Wildman–Crippen LogP) is 2.99. The fraction of sp³-hybridized carbons (Fsp3) is 0.857. The molecule has 5 fully saturated rings. The minimum Gasteiger partial charge on any atom is -0.379 e. The van der Waals surface area contributed by atoms with E-state index >= 15 is 0 Å². The zero-order chi connectivity index (χ0) is 17.4. The molecule has 4 saturated carbocycles. The number of carbonyl (C=O) groups excluding carboxylic acids is 1. The first-order valence-corrected chi connectivity index (χ1v) is 10.3. The molecule has 25 heavy (non-hydrogen) atoms. The average Bonchev–Trinajstić information content (AvgIpc) is 2.54. The second-order valence-electron chi connectivity index (χ2n) is 9.35. The fourth-order valence-electron chi connectivity index (χ4n) is 6.44. The van der Waals surface area contributed by atoms with Crippen LogP contribution in [-0.4, -0.2) is 49.7 Å². The highest BCUT2D eigenvalue weighted by Crippen LogP contribution is 2.62. The van der Waals surface area contributed by atoms with Crippen LogP contribution in [0.25, 0.3) is 0 Å². The van der Waals surface area contributed by atoms with Crippen molar-refractivity contribution in [2.75, 3.05) is 32.8 Å². The Balaban J connectivity index is 1.34. The van der Waals surface area contributed by atoms with E-state index < -0.39 is 0 Å². The van der Waals surface area contributed by atoms with Crippen molar-refractivity contribution in [2.24, 2.45) is 23.2 Å². The summed E-state index contributed by atoms with van der Waals surface area (Å²) in [5.41, 5.74) is 1.70. The molecule has 5 aliphatic rings. The number of ether oxygens (including phenoxy) is 1. The molecule has 1 N–H and O–H groups in total. The highest BCUT2D eigenvalue weighted by molar-refractivity contribution is 5.88. The number of morpholine rings is 1. The van der Waals surface area contributed by atoms with Gasteiger partial charge in [0.25, 0.3) is 0 Å². The lowest BCUT2D eigenvalue weighted by atomic mass is 9.48. The van der Waals surface area contributed by atoms with E-state index in [1.807, 2.05) is 6.08 Å². The van der Waals surface area contributed by atoms with Crippen LogP contribution in [-0.2, 0) is 9.53 Å². The summed E-state index contributed by atoms with van der Waals surface area (Å²) in [6.45, 7) is 8.82. The Labute approximate surface area is 152 Å². The molecule has 1 aliphatic heterocycles. The number of nitrogens with zero attached hydrogens (tertiary/aromatic N) is 1. The maximum absolute atomic E-state index is 12.6. The molecule has 0 aromatic rings. The number of amides is 1. The summed E-state index contributed by atoms with van der Waals surface area (Å²) >= 11 is 0. The van der Waals surface area contributed by atoms with Crippen molar-refractivity contribution in [2.45, 2.75) is 58.4 Å². The third kappa shape index (κ3) is 3.80. The molecule has 4 aliphatic carbocycles. The molecule has 1 saturated heterocycles. The molecular weight excluding hydrogens is 312 g/mol. The van der Waals surface area contributed by atoms with Crippen LogP contribution in [0, 0.1) is 23.2 Å². The first-order chi connectivity index (χ1) is 12.0. The number of hydrogen-bond donors (Lipinski definition) is 1. The van der Waals surface area contributed by atoms with Gasteiger partial charge in [-0.15, -0.1) is 0 Å². The zero-order valence-electron chi connectivity index (χ0n) is 15.9. The van der Waals surface area contributed by atoms with Crippen LogP contribution in [0.5, 0.6) is 0 Å². The van der Waals surface area contributed by atoms with Gasteiger partial charge in [-0.05, 0) is 75.5 Å². The highest BCUT2D eigenvalue weighted by Gasteiger charge is 2.51. The molecule has 1 atom stereocenters. The van der Waals surface area contributed by atoms with Crippen LogP contribution in [0.2, 0.25) is 0 Å². The summed E-state index contributed by atoms with van der Waals surface area (Å²) in [5, 5.41) is 3.19. The average molecular weight is 347 g/mol. The first kappa shape index (κ1) is 17.5. The third-order valence-electron chi connectivity index (χ3n) is 7.25. The second-order valence-corrected chi connectivity index (χ2v) is 9.35. The van der Waals surface area contributed by atoms with Gasteiger partial charge in [0.15, 0.2) is 0 Å². The van der Waals surface area contributed by atoms with E-state index in [2.05, 4.69) is 24.1 Å². The monoisotopic (exact) mass is 346 g/mol. The molecule has 4 heteroatoms. The topological polar surface area (TPSA) is 41.6 Å². The minimum atomic E-state index is 0.106. The van der Waals surface area contributed by atoms with Crippen molar-refractivity contribution in [1.29, 1.82) is 0 Å². The van der Waals surface area contributed by atoms with Gasteiger partial charge < -0.3 is 10.1 Å². The Hall–Kier alpha value is -0.870. The van der Waals surface area contributed by atoms with Gasteiger partial charge in [-0.2, -0.15) is 0 Å². The van der Waals surface area contributed by atoms with E-state index in [0.29, 0.717) is 5.41 Å². The molecule has 140 valence electrons. The molecule has 0 aromatic heterocycles. The molecule has 0 radical (unpaired) electrons. The van der Waals surface area contributed by atoms with E-state index in [0.717, 1.165) is 50.6 Å². The summed E-state index contributed by atoms with van der Waals surface area (Å²) in [7, 11) is 0. The SMILES string of the molecule is CC(=CC(=O)NC(C)CN1CCOCC1)C12CC3CC(CC(C3)C1)C2. The van der Waals surface area contributed by atoms with Crippen LogP contribution < -0.4 is 5.32 Å². The van der Waals surface area contributed by atoms with Crippen LogP contribution >= 0.6 is 0 Å². The maximum atomic E-state index is 12.6. The van der Waals surface area contributed by atoms with Crippen LogP contribution in [0.1, 0.15) is 52.4 Å². The summed E-state index contributed by atoms with van der Waals surface area (Å²) in [4.78, 5) is 14.9. The van der Waals surface area contributed by atoms with E-state index in [9.17, 15) is 4.79 Å². The number of hydrogen-bond acceptors (Lipinski definition) is 3. The molecule has 1 amide bonds. The Morgan fingerprint density at radius 3 is 2.28 bits per heavy atom. The Morgan fingerprint density at radius 2 is 1.72 bits per heavy atom. The van der Waals surface area contributed by atoms with Crippen LogP contribution in [0.15, 0.2) is 11.6 Å². The van der Waals surface area contributed by atoms with Gasteiger partial charge in [0, 0.05) is 31.8 Å². The molecule has 4 nitrogen and oxygen atoms in total. The van der Waals surface area contributed by atoms with E-state index in [-0.39, 0.29) is 11.9 Å². The normalized spacial score (nSPS) is 39.4. The van der Waals surface area contributed by atoms with E-state index in [1.54, 1.807) is 0 Å². The minimum absolute atomic E-state index is 0.106. The van der Waals surface area contributed by atoms with Gasteiger partial charge in [0.2, 0.25) is 5.91 Å². The van der Waals surface area contributed by atoms with Gasteiger partial charge in [-0.25, -0.2) is 0 Å². The van der Waals surface area contributed by atoms with Crippen molar-refractivity contribution in [3.8, 4) is 0 Å². The molecule has 4 bridgehead atoms. The number of rotatable bonds is 5. The molecule has 5 rings (SSSR count). The molecule has 0 aromatic carbocycles. The molecule has 1 unspecified atom stereocenters. The van der Waals surface area contributed by atoms with Crippen molar-refractivity contribution >= 4 is 5.91 Å². The van der Waals surface area contributed by atoms with Crippen LogP contribution in [0.3, 0.4) is 0 Å². The van der Waals surface area contributed by atoms with Gasteiger partial charge in [-0.1, -0.05) is 5.57 Å². The lowest BCUT2D eigenvalue weighted by molar-refractivity contribution is -0.117. The zero-order valence-corrected chi connectivity index (χ0v) is 15.9. The summed E-state index contributed by atoms with van der Waals surface area (Å²) < 4.78 is 5.39. The van der Waals surface area contributed by atoms with Crippen molar-refractivity contribution in [1.82, 2.24) is 10.2 Å². The largest absolute Gasteiger partial charge is 0.379 e. The standard InChI is InChI=1S/C21H34N2O2/c1-15(21-11-17-8-18(12-21)10-19(9-17)13-21)7-20(24)22-16(2)14-23-3-5-25-6-4-23/h7,16-19H,3-6,8-14H2,1-2H3,(H,22,24).